The molecule has 1 atom stereocenters. The van der Waals surface area contributed by atoms with Crippen molar-refractivity contribution in [3.8, 4) is 0 Å². The number of carboxylic acids is 1. The molecule has 1 heterocycles. The number of carbonyl (C=O) groups is 2. The Morgan fingerprint density at radius 3 is 2.76 bits per heavy atom. The number of aromatic carboxylic acids is 1. The van der Waals surface area contributed by atoms with Gasteiger partial charge in [0.15, 0.2) is 0 Å². The third kappa shape index (κ3) is 3.69. The molecule has 1 unspecified atom stereocenters. The van der Waals surface area contributed by atoms with Crippen LogP contribution in [0.15, 0.2) is 24.5 Å². The number of H-pyrrole nitrogens is 1. The summed E-state index contributed by atoms with van der Waals surface area (Å²) in [6.45, 7) is 1.73. The normalized spacial score (nSPS) is 11.7. The third-order valence-corrected chi connectivity index (χ3v) is 2.97. The van der Waals surface area contributed by atoms with Crippen molar-refractivity contribution < 1.29 is 14.7 Å². The van der Waals surface area contributed by atoms with E-state index in [9.17, 15) is 9.59 Å². The van der Waals surface area contributed by atoms with Crippen molar-refractivity contribution in [2.45, 2.75) is 13.0 Å². The molecule has 9 heteroatoms. The van der Waals surface area contributed by atoms with E-state index in [0.717, 1.165) is 0 Å². The van der Waals surface area contributed by atoms with Gasteiger partial charge in [-0.2, -0.15) is 5.10 Å². The van der Waals surface area contributed by atoms with E-state index in [1.54, 1.807) is 6.92 Å². The number of hydrogen-bond donors (Lipinski definition) is 4. The first kappa shape index (κ1) is 14.8. The van der Waals surface area contributed by atoms with Gasteiger partial charge in [0, 0.05) is 0 Å². The van der Waals surface area contributed by atoms with Crippen LogP contribution in [0.2, 0.25) is 5.02 Å². The highest BCUT2D eigenvalue weighted by Gasteiger charge is 2.13. The summed E-state index contributed by atoms with van der Waals surface area (Å²) in [5.41, 5.74) is 0.352. The minimum Gasteiger partial charge on any atom is -0.478 e. The zero-order valence-electron chi connectivity index (χ0n) is 10.9. The number of benzene rings is 1. The Kier molecular flexibility index (Phi) is 4.39. The fourth-order valence-corrected chi connectivity index (χ4v) is 1.82. The molecule has 0 spiro atoms. The van der Waals surface area contributed by atoms with Gasteiger partial charge in [-0.05, 0) is 25.1 Å². The molecule has 2 aromatic rings. The third-order valence-electron chi connectivity index (χ3n) is 2.66. The highest BCUT2D eigenvalue weighted by atomic mass is 35.5. The largest absolute Gasteiger partial charge is 0.478 e. The molecule has 1 aromatic carbocycles. The zero-order chi connectivity index (χ0) is 15.4. The second-order valence-corrected chi connectivity index (χ2v) is 4.60. The molecule has 1 aromatic heterocycles. The number of halogens is 1. The first-order valence-electron chi connectivity index (χ1n) is 5.93. The predicted octanol–water partition coefficient (Wildman–Crippen LogP) is 2.04. The first-order chi connectivity index (χ1) is 9.97. The smallest absolute Gasteiger partial charge is 0.335 e. The highest BCUT2D eigenvalue weighted by Crippen LogP contribution is 2.23. The van der Waals surface area contributed by atoms with Gasteiger partial charge in [-0.15, -0.1) is 0 Å². The van der Waals surface area contributed by atoms with Gasteiger partial charge in [-0.3, -0.25) is 5.10 Å². The quantitative estimate of drug-likeness (QED) is 0.689. The highest BCUT2D eigenvalue weighted by molar-refractivity contribution is 6.34. The Labute approximate surface area is 124 Å². The van der Waals surface area contributed by atoms with Crippen LogP contribution in [0.4, 0.5) is 10.5 Å². The van der Waals surface area contributed by atoms with Gasteiger partial charge in [-0.1, -0.05) is 11.6 Å². The van der Waals surface area contributed by atoms with E-state index < -0.39 is 12.0 Å². The molecule has 110 valence electrons. The molecule has 0 saturated carbocycles. The van der Waals surface area contributed by atoms with Crippen LogP contribution in [0.1, 0.15) is 29.1 Å². The van der Waals surface area contributed by atoms with Crippen molar-refractivity contribution in [2.75, 3.05) is 5.32 Å². The predicted molar refractivity (Wildman–Crippen MR) is 75.4 cm³/mol. The number of nitrogens with one attached hydrogen (secondary N) is 3. The van der Waals surface area contributed by atoms with Crippen molar-refractivity contribution in [1.29, 1.82) is 0 Å². The van der Waals surface area contributed by atoms with E-state index in [1.807, 2.05) is 0 Å². The first-order valence-corrected chi connectivity index (χ1v) is 6.31. The van der Waals surface area contributed by atoms with Crippen LogP contribution in [-0.2, 0) is 0 Å². The molecule has 4 N–H and O–H groups in total. The number of amides is 2. The average Bonchev–Trinajstić information content (AvgIpc) is 2.94. The SMILES string of the molecule is CC(NC(=O)Nc1ccc(C(=O)O)cc1Cl)c1ncn[nH]1. The lowest BCUT2D eigenvalue weighted by molar-refractivity contribution is 0.0697. The minimum absolute atomic E-state index is 0.0426. The van der Waals surface area contributed by atoms with Crippen LogP contribution in [-0.4, -0.2) is 32.3 Å². The molecule has 2 rings (SSSR count). The summed E-state index contributed by atoms with van der Waals surface area (Å²) in [6.07, 6.45) is 1.34. The second kappa shape index (κ2) is 6.23. The summed E-state index contributed by atoms with van der Waals surface area (Å²) in [5.74, 6) is -0.579. The van der Waals surface area contributed by atoms with E-state index >= 15 is 0 Å². The maximum Gasteiger partial charge on any atom is 0.335 e. The standard InChI is InChI=1S/C12H12ClN5O3/c1-6(10-14-5-15-18-10)16-12(21)17-9-3-2-7(11(19)20)4-8(9)13/h2-6H,1H3,(H,19,20)(H,14,15,18)(H2,16,17,21). The van der Waals surface area contributed by atoms with E-state index in [-0.39, 0.29) is 16.6 Å². The van der Waals surface area contributed by atoms with E-state index in [1.165, 1.54) is 24.5 Å². The number of rotatable bonds is 4. The Morgan fingerprint density at radius 1 is 1.43 bits per heavy atom. The summed E-state index contributed by atoms with van der Waals surface area (Å²) >= 11 is 5.92. The summed E-state index contributed by atoms with van der Waals surface area (Å²) in [7, 11) is 0. The monoisotopic (exact) mass is 309 g/mol. The van der Waals surface area contributed by atoms with Gasteiger partial charge >= 0.3 is 12.0 Å². The fourth-order valence-electron chi connectivity index (χ4n) is 1.60. The summed E-state index contributed by atoms with van der Waals surface area (Å²) < 4.78 is 0. The van der Waals surface area contributed by atoms with Crippen molar-refractivity contribution in [3.05, 3.63) is 40.9 Å². The number of aromatic nitrogens is 3. The van der Waals surface area contributed by atoms with Gasteiger partial charge in [0.2, 0.25) is 0 Å². The van der Waals surface area contributed by atoms with Crippen molar-refractivity contribution in [2.24, 2.45) is 0 Å². The second-order valence-electron chi connectivity index (χ2n) is 4.19. The molecular formula is C12H12ClN5O3. The van der Waals surface area contributed by atoms with E-state index in [0.29, 0.717) is 11.5 Å². The van der Waals surface area contributed by atoms with Gasteiger partial charge in [-0.25, -0.2) is 14.6 Å². The van der Waals surface area contributed by atoms with E-state index in [2.05, 4.69) is 25.8 Å². The van der Waals surface area contributed by atoms with Gasteiger partial charge in [0.05, 0.1) is 22.3 Å². The summed E-state index contributed by atoms with van der Waals surface area (Å²) in [4.78, 5) is 26.5. The van der Waals surface area contributed by atoms with Crippen LogP contribution in [0, 0.1) is 0 Å². The van der Waals surface area contributed by atoms with Crippen LogP contribution < -0.4 is 10.6 Å². The van der Waals surface area contributed by atoms with Crippen LogP contribution in [0.25, 0.3) is 0 Å². The fraction of sp³-hybridized carbons (Fsp3) is 0.167. The Morgan fingerprint density at radius 2 is 2.19 bits per heavy atom. The molecule has 0 fully saturated rings. The Hall–Kier alpha value is -2.61. The summed E-state index contributed by atoms with van der Waals surface area (Å²) in [5, 5.41) is 20.5. The van der Waals surface area contributed by atoms with Crippen LogP contribution in [0.5, 0.6) is 0 Å². The van der Waals surface area contributed by atoms with Crippen LogP contribution >= 0.6 is 11.6 Å². The van der Waals surface area contributed by atoms with Crippen molar-refractivity contribution >= 4 is 29.3 Å². The minimum atomic E-state index is -1.09. The molecule has 21 heavy (non-hydrogen) atoms. The zero-order valence-corrected chi connectivity index (χ0v) is 11.7. The number of carboxylic acid groups (broad SMARTS) is 1. The topological polar surface area (TPSA) is 120 Å². The molecule has 0 saturated heterocycles. The van der Waals surface area contributed by atoms with Gasteiger partial charge in [0.1, 0.15) is 12.2 Å². The number of carbonyl (C=O) groups excluding carboxylic acids is 1. The molecule has 0 aliphatic rings. The van der Waals surface area contributed by atoms with Crippen molar-refractivity contribution in [3.63, 3.8) is 0 Å². The molecule has 2 amide bonds. The molecule has 0 aliphatic heterocycles. The maximum atomic E-state index is 11.8. The molecule has 0 aliphatic carbocycles. The Balaban J connectivity index is 2.01. The molecule has 0 radical (unpaired) electrons. The Bertz CT molecular complexity index is 659. The van der Waals surface area contributed by atoms with Gasteiger partial charge < -0.3 is 15.7 Å². The number of hydrogen-bond acceptors (Lipinski definition) is 4. The molecule has 0 bridgehead atoms. The van der Waals surface area contributed by atoms with E-state index in [4.69, 9.17) is 16.7 Å². The number of urea groups is 1. The molecular weight excluding hydrogens is 298 g/mol. The molecule has 8 nitrogen and oxygen atoms in total. The van der Waals surface area contributed by atoms with Gasteiger partial charge in [0.25, 0.3) is 0 Å². The summed E-state index contributed by atoms with van der Waals surface area (Å²) in [6, 6.07) is 3.17. The number of nitrogens with zero attached hydrogens (tertiary/aromatic N) is 2. The number of aromatic amines is 1. The maximum absolute atomic E-state index is 11.8. The lowest BCUT2D eigenvalue weighted by atomic mass is 10.2. The lowest BCUT2D eigenvalue weighted by Gasteiger charge is -2.13. The average molecular weight is 310 g/mol. The van der Waals surface area contributed by atoms with Crippen LogP contribution in [0.3, 0.4) is 0 Å². The lowest BCUT2D eigenvalue weighted by Crippen LogP contribution is -2.31. The van der Waals surface area contributed by atoms with Crippen molar-refractivity contribution in [1.82, 2.24) is 20.5 Å². The number of anilines is 1.